The SMILES string of the molecule is O=C(COC(=O)CC(c1ccccc1)c1ccccc1)Nc1ccccc1OC(F)F. The predicted octanol–water partition coefficient (Wildman–Crippen LogP) is 4.99. The summed E-state index contributed by atoms with van der Waals surface area (Å²) < 4.78 is 34.5. The van der Waals surface area contributed by atoms with E-state index < -0.39 is 25.1 Å². The maximum Gasteiger partial charge on any atom is 0.387 e. The largest absolute Gasteiger partial charge is 0.456 e. The second-order valence-electron chi connectivity index (χ2n) is 6.66. The van der Waals surface area contributed by atoms with Crippen molar-refractivity contribution >= 4 is 17.6 Å². The Bertz CT molecular complexity index is 957. The van der Waals surface area contributed by atoms with Gasteiger partial charge in [-0.05, 0) is 23.3 Å². The molecule has 160 valence electrons. The summed E-state index contributed by atoms with van der Waals surface area (Å²) in [6.45, 7) is -3.57. The molecule has 1 amide bonds. The number of hydrogen-bond acceptors (Lipinski definition) is 4. The highest BCUT2D eigenvalue weighted by Crippen LogP contribution is 2.28. The summed E-state index contributed by atoms with van der Waals surface area (Å²) in [5.41, 5.74) is 1.97. The number of rotatable bonds is 9. The molecule has 0 aromatic heterocycles. The maximum absolute atomic E-state index is 12.5. The van der Waals surface area contributed by atoms with E-state index in [2.05, 4.69) is 10.1 Å². The smallest absolute Gasteiger partial charge is 0.387 e. The van der Waals surface area contributed by atoms with Crippen LogP contribution in [-0.4, -0.2) is 25.1 Å². The first-order valence-electron chi connectivity index (χ1n) is 9.62. The zero-order valence-corrected chi connectivity index (χ0v) is 16.5. The molecule has 0 radical (unpaired) electrons. The van der Waals surface area contributed by atoms with Gasteiger partial charge in [0.15, 0.2) is 6.61 Å². The number of amides is 1. The first-order valence-corrected chi connectivity index (χ1v) is 9.62. The molecule has 0 aliphatic rings. The van der Waals surface area contributed by atoms with Crippen molar-refractivity contribution in [3.63, 3.8) is 0 Å². The molecular formula is C24H21F2NO4. The van der Waals surface area contributed by atoms with Crippen molar-refractivity contribution in [1.82, 2.24) is 0 Å². The van der Waals surface area contributed by atoms with E-state index in [1.54, 1.807) is 6.07 Å². The second-order valence-corrected chi connectivity index (χ2v) is 6.66. The Hall–Kier alpha value is -3.74. The molecule has 0 aliphatic heterocycles. The number of hydrogen-bond donors (Lipinski definition) is 1. The van der Waals surface area contributed by atoms with Crippen molar-refractivity contribution in [1.29, 1.82) is 0 Å². The Kier molecular flexibility index (Phi) is 7.70. The summed E-state index contributed by atoms with van der Waals surface area (Å²) >= 11 is 0. The topological polar surface area (TPSA) is 64.6 Å². The molecule has 0 heterocycles. The number of para-hydroxylation sites is 2. The van der Waals surface area contributed by atoms with Gasteiger partial charge in [0.25, 0.3) is 5.91 Å². The third kappa shape index (κ3) is 6.64. The fourth-order valence-electron chi connectivity index (χ4n) is 3.13. The number of ether oxygens (including phenoxy) is 2. The molecule has 3 aromatic rings. The maximum atomic E-state index is 12.5. The average Bonchev–Trinajstić information content (AvgIpc) is 2.78. The summed E-state index contributed by atoms with van der Waals surface area (Å²) in [6.07, 6.45) is 0.0480. The van der Waals surface area contributed by atoms with Gasteiger partial charge < -0.3 is 14.8 Å². The number of halogens is 2. The van der Waals surface area contributed by atoms with Gasteiger partial charge in [-0.1, -0.05) is 72.8 Å². The van der Waals surface area contributed by atoms with E-state index in [9.17, 15) is 18.4 Å². The molecule has 0 fully saturated rings. The van der Waals surface area contributed by atoms with Crippen LogP contribution in [0.15, 0.2) is 84.9 Å². The van der Waals surface area contributed by atoms with Crippen molar-refractivity contribution in [3.8, 4) is 5.75 Å². The number of nitrogens with one attached hydrogen (secondary N) is 1. The quantitative estimate of drug-likeness (QED) is 0.491. The lowest BCUT2D eigenvalue weighted by atomic mass is 9.89. The monoisotopic (exact) mass is 425 g/mol. The molecule has 0 saturated heterocycles. The molecule has 1 N–H and O–H groups in total. The van der Waals surface area contributed by atoms with E-state index in [0.29, 0.717) is 0 Å². The molecule has 3 rings (SSSR count). The van der Waals surface area contributed by atoms with Gasteiger partial charge >= 0.3 is 12.6 Å². The molecule has 7 heteroatoms. The predicted molar refractivity (Wildman–Crippen MR) is 112 cm³/mol. The number of alkyl halides is 2. The van der Waals surface area contributed by atoms with Crippen LogP contribution in [0.5, 0.6) is 5.75 Å². The fraction of sp³-hybridized carbons (Fsp3) is 0.167. The van der Waals surface area contributed by atoms with Gasteiger partial charge in [-0.25, -0.2) is 0 Å². The van der Waals surface area contributed by atoms with Crippen molar-refractivity contribution in [3.05, 3.63) is 96.1 Å². The lowest BCUT2D eigenvalue weighted by Gasteiger charge is -2.17. The Labute approximate surface area is 178 Å². The van der Waals surface area contributed by atoms with Crippen molar-refractivity contribution in [2.45, 2.75) is 19.0 Å². The molecule has 31 heavy (non-hydrogen) atoms. The normalized spacial score (nSPS) is 10.7. The Morgan fingerprint density at radius 3 is 1.94 bits per heavy atom. The summed E-state index contributed by atoms with van der Waals surface area (Å²) in [4.78, 5) is 24.6. The van der Waals surface area contributed by atoms with E-state index >= 15 is 0 Å². The molecular weight excluding hydrogens is 404 g/mol. The van der Waals surface area contributed by atoms with E-state index in [0.717, 1.165) is 11.1 Å². The molecule has 0 atom stereocenters. The molecule has 0 unspecified atom stereocenters. The number of benzene rings is 3. The molecule has 0 aliphatic carbocycles. The van der Waals surface area contributed by atoms with Crippen LogP contribution in [0.4, 0.5) is 14.5 Å². The second kappa shape index (κ2) is 10.9. The van der Waals surface area contributed by atoms with Crippen LogP contribution in [0.2, 0.25) is 0 Å². The third-order valence-electron chi connectivity index (χ3n) is 4.52. The van der Waals surface area contributed by atoms with E-state index in [1.807, 2.05) is 60.7 Å². The first kappa shape index (κ1) is 22.0. The third-order valence-corrected chi connectivity index (χ3v) is 4.52. The van der Waals surface area contributed by atoms with Crippen molar-refractivity contribution in [2.24, 2.45) is 0 Å². The molecule has 0 saturated carbocycles. The van der Waals surface area contributed by atoms with Gasteiger partial charge in [0.05, 0.1) is 12.1 Å². The molecule has 0 bridgehead atoms. The summed E-state index contributed by atoms with van der Waals surface area (Å²) in [5, 5.41) is 2.41. The minimum Gasteiger partial charge on any atom is -0.456 e. The molecule has 5 nitrogen and oxygen atoms in total. The van der Waals surface area contributed by atoms with E-state index in [-0.39, 0.29) is 23.8 Å². The van der Waals surface area contributed by atoms with Crippen LogP contribution < -0.4 is 10.1 Å². The Morgan fingerprint density at radius 2 is 1.35 bits per heavy atom. The Balaban J connectivity index is 1.60. The van der Waals surface area contributed by atoms with Crippen molar-refractivity contribution in [2.75, 3.05) is 11.9 Å². The minimum absolute atomic E-state index is 0.0480. The highest BCUT2D eigenvalue weighted by Gasteiger charge is 2.20. The summed E-state index contributed by atoms with van der Waals surface area (Å²) in [6, 6.07) is 24.8. The average molecular weight is 425 g/mol. The lowest BCUT2D eigenvalue weighted by Crippen LogP contribution is -2.22. The van der Waals surface area contributed by atoms with Gasteiger partial charge in [-0.2, -0.15) is 8.78 Å². The lowest BCUT2D eigenvalue weighted by molar-refractivity contribution is -0.147. The number of carbonyl (C=O) groups excluding carboxylic acids is 2. The highest BCUT2D eigenvalue weighted by molar-refractivity contribution is 5.94. The van der Waals surface area contributed by atoms with Crippen LogP contribution in [-0.2, 0) is 14.3 Å². The van der Waals surface area contributed by atoms with Crippen LogP contribution in [0.3, 0.4) is 0 Å². The van der Waals surface area contributed by atoms with Gasteiger partial charge in [0.1, 0.15) is 5.75 Å². The summed E-state index contributed by atoms with van der Waals surface area (Å²) in [5.74, 6) is -1.61. The van der Waals surface area contributed by atoms with Gasteiger partial charge in [-0.3, -0.25) is 9.59 Å². The van der Waals surface area contributed by atoms with Crippen LogP contribution in [0.25, 0.3) is 0 Å². The van der Waals surface area contributed by atoms with E-state index in [4.69, 9.17) is 4.74 Å². The number of anilines is 1. The van der Waals surface area contributed by atoms with Gasteiger partial charge in [0, 0.05) is 5.92 Å². The van der Waals surface area contributed by atoms with Crippen molar-refractivity contribution < 1.29 is 27.8 Å². The zero-order chi connectivity index (χ0) is 22.1. The van der Waals surface area contributed by atoms with Crippen LogP contribution in [0.1, 0.15) is 23.5 Å². The van der Waals surface area contributed by atoms with Crippen LogP contribution in [0, 0.1) is 0 Å². The molecule has 0 spiro atoms. The van der Waals surface area contributed by atoms with E-state index in [1.165, 1.54) is 18.2 Å². The number of esters is 1. The van der Waals surface area contributed by atoms with Gasteiger partial charge in [0.2, 0.25) is 0 Å². The highest BCUT2D eigenvalue weighted by atomic mass is 19.3. The minimum atomic E-state index is -3.02. The zero-order valence-electron chi connectivity index (χ0n) is 16.5. The van der Waals surface area contributed by atoms with Gasteiger partial charge in [-0.15, -0.1) is 0 Å². The number of carbonyl (C=O) groups is 2. The van der Waals surface area contributed by atoms with Crippen LogP contribution >= 0.6 is 0 Å². The fourth-order valence-corrected chi connectivity index (χ4v) is 3.13. The summed E-state index contributed by atoms with van der Waals surface area (Å²) in [7, 11) is 0. The molecule has 3 aromatic carbocycles. The first-order chi connectivity index (χ1) is 15.0. The Morgan fingerprint density at radius 1 is 0.806 bits per heavy atom. The standard InChI is InChI=1S/C24H21F2NO4/c25-24(26)31-21-14-8-7-13-20(21)27-22(28)16-30-23(29)15-19(17-9-3-1-4-10-17)18-11-5-2-6-12-18/h1-14,19,24H,15-16H2,(H,27,28).